The maximum absolute atomic E-state index is 13.0. The van der Waals surface area contributed by atoms with Crippen LogP contribution in [0, 0.1) is 17.2 Å². The van der Waals surface area contributed by atoms with Crippen LogP contribution in [0.2, 0.25) is 0 Å². The highest BCUT2D eigenvalue weighted by atomic mass is 32.2. The van der Waals surface area contributed by atoms with Gasteiger partial charge >= 0.3 is 6.18 Å². The third-order valence-electron chi connectivity index (χ3n) is 5.03. The summed E-state index contributed by atoms with van der Waals surface area (Å²) < 4.78 is 65.3. The van der Waals surface area contributed by atoms with Crippen molar-refractivity contribution in [3.8, 4) is 6.07 Å². The van der Waals surface area contributed by atoms with Gasteiger partial charge in [0, 0.05) is 11.6 Å². The molecule has 0 aliphatic rings. The van der Waals surface area contributed by atoms with Crippen LogP contribution in [0.4, 0.5) is 18.9 Å². The summed E-state index contributed by atoms with van der Waals surface area (Å²) in [7, 11) is -3.66. The van der Waals surface area contributed by atoms with Crippen LogP contribution in [0.5, 0.6) is 0 Å². The Bertz CT molecular complexity index is 914. The summed E-state index contributed by atoms with van der Waals surface area (Å²) in [4.78, 5) is 12.3. The number of rotatable bonds is 14. The van der Waals surface area contributed by atoms with Crippen molar-refractivity contribution in [2.45, 2.75) is 77.2 Å². The number of aliphatic hydroxyl groups is 1. The molecule has 1 aromatic carbocycles. The summed E-state index contributed by atoms with van der Waals surface area (Å²) in [6.07, 6.45) is 1.82. The van der Waals surface area contributed by atoms with Gasteiger partial charge in [-0.15, -0.1) is 0 Å². The molecule has 2 atom stereocenters. The predicted octanol–water partition coefficient (Wildman–Crippen LogP) is 4.96. The summed E-state index contributed by atoms with van der Waals surface area (Å²) in [5, 5.41) is 20.7. The minimum Gasteiger partial charge on any atom is -0.367 e. The highest BCUT2D eigenvalue weighted by Gasteiger charge is 2.34. The molecule has 0 heterocycles. The molecule has 0 fully saturated rings. The van der Waals surface area contributed by atoms with Crippen LogP contribution in [0.25, 0.3) is 0 Å². The maximum atomic E-state index is 13.0. The second-order valence-electron chi connectivity index (χ2n) is 8.07. The second-order valence-corrected chi connectivity index (χ2v) is 9.67. The summed E-state index contributed by atoms with van der Waals surface area (Å²) in [5.74, 6) is -0.742. The molecule has 0 radical (unpaired) electrons. The summed E-state index contributed by atoms with van der Waals surface area (Å²) >= 11 is 0. The average molecular weight is 493 g/mol. The number of alkyl halides is 3. The van der Waals surface area contributed by atoms with Gasteiger partial charge in [0.1, 0.15) is 0 Å². The van der Waals surface area contributed by atoms with Crippen molar-refractivity contribution in [1.29, 1.82) is 5.26 Å². The van der Waals surface area contributed by atoms with Crippen molar-refractivity contribution in [1.82, 2.24) is 0 Å². The van der Waals surface area contributed by atoms with Crippen LogP contribution in [0.15, 0.2) is 18.2 Å². The highest BCUT2D eigenvalue weighted by Crippen LogP contribution is 2.33. The van der Waals surface area contributed by atoms with Crippen molar-refractivity contribution in [2.24, 2.45) is 5.92 Å². The molecule has 0 aliphatic carbocycles. The number of nitrogens with one attached hydrogen (secondary N) is 1. The minimum absolute atomic E-state index is 0.00484. The molecule has 1 rings (SSSR count). The van der Waals surface area contributed by atoms with Crippen LogP contribution < -0.4 is 5.32 Å². The third kappa shape index (κ3) is 12.0. The van der Waals surface area contributed by atoms with Crippen LogP contribution >= 0.6 is 0 Å². The fourth-order valence-corrected chi connectivity index (χ4v) is 3.75. The van der Waals surface area contributed by atoms with E-state index in [-0.39, 0.29) is 23.9 Å². The van der Waals surface area contributed by atoms with E-state index in [0.717, 1.165) is 56.9 Å². The zero-order chi connectivity index (χ0) is 25.1. The molecule has 0 aromatic heterocycles. The SMILES string of the molecule is CC(CCCCCCCCCC(O)OS(C)(=O)=O)C(=O)Nc1ccc(C#N)c(C(F)(F)F)c1. The number of unbranched alkanes of at least 4 members (excludes halogenated alkanes) is 6. The number of nitrogens with zero attached hydrogens (tertiary/aromatic N) is 1. The van der Waals surface area contributed by atoms with Crippen molar-refractivity contribution in [2.75, 3.05) is 11.6 Å². The van der Waals surface area contributed by atoms with Crippen molar-refractivity contribution < 1.29 is 35.7 Å². The number of hydrogen-bond donors (Lipinski definition) is 2. The molecule has 11 heteroatoms. The Labute approximate surface area is 193 Å². The lowest BCUT2D eigenvalue weighted by molar-refractivity contribution is -0.137. The Morgan fingerprint density at radius 2 is 1.67 bits per heavy atom. The van der Waals surface area contributed by atoms with E-state index in [2.05, 4.69) is 9.50 Å². The smallest absolute Gasteiger partial charge is 0.367 e. The van der Waals surface area contributed by atoms with Gasteiger partial charge in [-0.2, -0.15) is 26.9 Å². The lowest BCUT2D eigenvalue weighted by Gasteiger charge is -2.14. The molecular weight excluding hydrogens is 461 g/mol. The molecule has 0 bridgehead atoms. The summed E-state index contributed by atoms with van der Waals surface area (Å²) in [6, 6.07) is 4.60. The summed E-state index contributed by atoms with van der Waals surface area (Å²) in [5.41, 5.74) is -1.56. The number of hydrogen-bond acceptors (Lipinski definition) is 6. The number of anilines is 1. The highest BCUT2D eigenvalue weighted by molar-refractivity contribution is 7.86. The van der Waals surface area contributed by atoms with Crippen LogP contribution in [0.1, 0.15) is 75.8 Å². The lowest BCUT2D eigenvalue weighted by Crippen LogP contribution is -2.21. The molecule has 0 spiro atoms. The van der Waals surface area contributed by atoms with Gasteiger partial charge in [-0.05, 0) is 37.5 Å². The number of aliphatic hydroxyl groups excluding tert-OH is 1. The number of carbonyl (C=O) groups is 1. The molecular formula is C22H31F3N2O5S. The Kier molecular flexibility index (Phi) is 11.8. The van der Waals surface area contributed by atoms with Gasteiger partial charge < -0.3 is 10.4 Å². The van der Waals surface area contributed by atoms with E-state index >= 15 is 0 Å². The van der Waals surface area contributed by atoms with E-state index < -0.39 is 33.7 Å². The lowest BCUT2D eigenvalue weighted by atomic mass is 10.0. The third-order valence-corrected chi connectivity index (χ3v) is 5.61. The molecule has 186 valence electrons. The van der Waals surface area contributed by atoms with Gasteiger partial charge in [0.25, 0.3) is 10.1 Å². The van der Waals surface area contributed by atoms with Crippen LogP contribution in [-0.2, 0) is 25.3 Å². The van der Waals surface area contributed by atoms with Gasteiger partial charge in [0.05, 0.1) is 23.5 Å². The Balaban J connectivity index is 2.25. The Morgan fingerprint density at radius 1 is 1.12 bits per heavy atom. The molecule has 2 N–H and O–H groups in total. The zero-order valence-electron chi connectivity index (χ0n) is 18.8. The predicted molar refractivity (Wildman–Crippen MR) is 117 cm³/mol. The fraction of sp³-hybridized carbons (Fsp3) is 0.636. The topological polar surface area (TPSA) is 116 Å². The molecule has 1 aromatic rings. The number of carbonyl (C=O) groups excluding carboxylic acids is 1. The first-order valence-corrected chi connectivity index (χ1v) is 12.6. The minimum atomic E-state index is -4.68. The van der Waals surface area contributed by atoms with Gasteiger partial charge in [-0.25, -0.2) is 4.18 Å². The van der Waals surface area contributed by atoms with E-state index in [1.807, 2.05) is 0 Å². The maximum Gasteiger partial charge on any atom is 0.417 e. The number of nitriles is 1. The fourth-order valence-electron chi connectivity index (χ4n) is 3.25. The molecule has 0 saturated heterocycles. The summed E-state index contributed by atoms with van der Waals surface area (Å²) in [6.45, 7) is 1.72. The molecule has 7 nitrogen and oxygen atoms in total. The second kappa shape index (κ2) is 13.5. The van der Waals surface area contributed by atoms with Gasteiger partial charge in [-0.1, -0.05) is 45.4 Å². The van der Waals surface area contributed by atoms with E-state index in [1.54, 1.807) is 6.92 Å². The standard InChI is InChI=1S/C22H31F3N2O5S/c1-16(10-8-6-4-3-5-7-9-11-20(28)32-33(2,30)31)21(29)27-18-13-12-17(15-26)19(14-18)22(23,24)25/h12-14,16,20,28H,3-11H2,1-2H3,(H,27,29). The van der Waals surface area contributed by atoms with E-state index in [1.165, 1.54) is 12.1 Å². The number of amides is 1. The first-order chi connectivity index (χ1) is 15.3. The molecule has 2 unspecified atom stereocenters. The Hall–Kier alpha value is -2.16. The largest absolute Gasteiger partial charge is 0.417 e. The average Bonchev–Trinajstić information content (AvgIpc) is 2.70. The van der Waals surface area contributed by atoms with E-state index in [0.29, 0.717) is 12.8 Å². The Morgan fingerprint density at radius 3 is 2.18 bits per heavy atom. The zero-order valence-corrected chi connectivity index (χ0v) is 19.6. The van der Waals surface area contributed by atoms with Gasteiger partial charge in [-0.3, -0.25) is 4.79 Å². The molecule has 0 saturated carbocycles. The van der Waals surface area contributed by atoms with Crippen molar-refractivity contribution >= 4 is 21.7 Å². The van der Waals surface area contributed by atoms with Crippen molar-refractivity contribution in [3.63, 3.8) is 0 Å². The number of halogens is 3. The molecule has 33 heavy (non-hydrogen) atoms. The van der Waals surface area contributed by atoms with E-state index in [9.17, 15) is 31.5 Å². The quantitative estimate of drug-likeness (QED) is 0.215. The first-order valence-electron chi connectivity index (χ1n) is 10.8. The monoisotopic (exact) mass is 492 g/mol. The van der Waals surface area contributed by atoms with Crippen LogP contribution in [0.3, 0.4) is 0 Å². The van der Waals surface area contributed by atoms with Gasteiger partial charge in [0.15, 0.2) is 6.29 Å². The van der Waals surface area contributed by atoms with E-state index in [4.69, 9.17) is 5.26 Å². The van der Waals surface area contributed by atoms with Gasteiger partial charge in [0.2, 0.25) is 5.91 Å². The van der Waals surface area contributed by atoms with Crippen LogP contribution in [-0.4, -0.2) is 32.0 Å². The number of benzene rings is 1. The molecule has 1 amide bonds. The first kappa shape index (κ1) is 28.9. The van der Waals surface area contributed by atoms with Crippen molar-refractivity contribution in [3.05, 3.63) is 29.3 Å². The normalized spacial score (nSPS) is 13.8. The molecule has 0 aliphatic heterocycles.